The maximum Gasteiger partial charge on any atom is 0.264 e. The summed E-state index contributed by atoms with van der Waals surface area (Å²) in [4.78, 5) is 4.36. The third-order valence-corrected chi connectivity index (χ3v) is 3.28. The molecule has 1 heterocycles. The van der Waals surface area contributed by atoms with Gasteiger partial charge in [-0.05, 0) is 36.8 Å². The number of aromatic nitrogens is 2. The molecule has 3 rings (SSSR count). The summed E-state index contributed by atoms with van der Waals surface area (Å²) in [6.45, 7) is 2.24. The zero-order valence-corrected chi connectivity index (χ0v) is 12.4. The van der Waals surface area contributed by atoms with Crippen molar-refractivity contribution < 1.29 is 14.0 Å². The van der Waals surface area contributed by atoms with Crippen LogP contribution in [0.1, 0.15) is 11.5 Å². The number of nitrogens with zero attached hydrogens (tertiary/aromatic N) is 2. The molecule has 0 N–H and O–H groups in total. The Labute approximate surface area is 128 Å². The highest BCUT2D eigenvalue weighted by Crippen LogP contribution is 2.21. The molecule has 3 aromatic rings. The average molecular weight is 296 g/mol. The molecule has 5 nitrogen and oxygen atoms in total. The van der Waals surface area contributed by atoms with Crippen LogP contribution in [0.15, 0.2) is 53.1 Å². The first-order valence-electron chi connectivity index (χ1n) is 6.91. The van der Waals surface area contributed by atoms with Gasteiger partial charge < -0.3 is 14.0 Å². The third-order valence-electron chi connectivity index (χ3n) is 3.28. The highest BCUT2D eigenvalue weighted by atomic mass is 16.5. The maximum absolute atomic E-state index is 5.62. The summed E-state index contributed by atoms with van der Waals surface area (Å²) >= 11 is 0. The van der Waals surface area contributed by atoms with Gasteiger partial charge in [0.25, 0.3) is 5.89 Å². The van der Waals surface area contributed by atoms with Crippen molar-refractivity contribution in [1.82, 2.24) is 10.1 Å². The fraction of sp³-hybridized carbons (Fsp3) is 0.176. The fourth-order valence-corrected chi connectivity index (χ4v) is 2.06. The molecule has 0 aliphatic rings. The molecule has 0 fully saturated rings. The van der Waals surface area contributed by atoms with Crippen LogP contribution >= 0.6 is 0 Å². The van der Waals surface area contributed by atoms with Gasteiger partial charge in [0.1, 0.15) is 11.5 Å². The van der Waals surface area contributed by atoms with Crippen LogP contribution in [-0.2, 0) is 6.61 Å². The fourth-order valence-electron chi connectivity index (χ4n) is 2.06. The monoisotopic (exact) mass is 296 g/mol. The van der Waals surface area contributed by atoms with Crippen LogP contribution in [0.25, 0.3) is 11.4 Å². The molecule has 5 heteroatoms. The number of aryl methyl sites for hydroxylation is 1. The Morgan fingerprint density at radius 2 is 1.73 bits per heavy atom. The Balaban J connectivity index is 1.68. The molecule has 0 bridgehead atoms. The Morgan fingerprint density at radius 3 is 2.45 bits per heavy atom. The van der Waals surface area contributed by atoms with Crippen LogP contribution in [0.4, 0.5) is 0 Å². The van der Waals surface area contributed by atoms with Crippen LogP contribution in [0, 0.1) is 6.92 Å². The Bertz CT molecular complexity index is 751. The van der Waals surface area contributed by atoms with Gasteiger partial charge in [0, 0.05) is 5.56 Å². The summed E-state index contributed by atoms with van der Waals surface area (Å²) in [5.74, 6) is 2.52. The molecule has 0 spiro atoms. The van der Waals surface area contributed by atoms with Gasteiger partial charge in [-0.3, -0.25) is 0 Å². The lowest BCUT2D eigenvalue weighted by Gasteiger charge is -2.04. The van der Waals surface area contributed by atoms with E-state index < -0.39 is 0 Å². The van der Waals surface area contributed by atoms with E-state index >= 15 is 0 Å². The molecule has 2 aromatic carbocycles. The molecule has 0 aliphatic heterocycles. The van der Waals surface area contributed by atoms with Crippen molar-refractivity contribution in [3.05, 3.63) is 60.0 Å². The number of methoxy groups -OCH3 is 1. The van der Waals surface area contributed by atoms with Gasteiger partial charge in [-0.15, -0.1) is 0 Å². The van der Waals surface area contributed by atoms with E-state index in [-0.39, 0.29) is 6.61 Å². The summed E-state index contributed by atoms with van der Waals surface area (Å²) in [5, 5.41) is 4.00. The van der Waals surface area contributed by atoms with Crippen LogP contribution in [0.2, 0.25) is 0 Å². The number of hydrogen-bond donors (Lipinski definition) is 0. The van der Waals surface area contributed by atoms with Gasteiger partial charge >= 0.3 is 0 Å². The molecule has 22 heavy (non-hydrogen) atoms. The second-order valence-corrected chi connectivity index (χ2v) is 4.79. The van der Waals surface area contributed by atoms with E-state index in [4.69, 9.17) is 14.0 Å². The molecule has 0 aliphatic carbocycles. The van der Waals surface area contributed by atoms with Crippen molar-refractivity contribution in [2.75, 3.05) is 7.11 Å². The molecular weight excluding hydrogens is 280 g/mol. The first kappa shape index (κ1) is 14.1. The van der Waals surface area contributed by atoms with Gasteiger partial charge in [-0.25, -0.2) is 0 Å². The molecule has 0 atom stereocenters. The Kier molecular flexibility index (Phi) is 4.05. The lowest BCUT2D eigenvalue weighted by molar-refractivity contribution is 0.242. The third kappa shape index (κ3) is 3.09. The van der Waals surface area contributed by atoms with Crippen molar-refractivity contribution in [1.29, 1.82) is 0 Å². The largest absolute Gasteiger partial charge is 0.497 e. The van der Waals surface area contributed by atoms with Crippen molar-refractivity contribution in [2.24, 2.45) is 0 Å². The number of benzene rings is 2. The molecule has 0 saturated carbocycles. The van der Waals surface area contributed by atoms with E-state index in [9.17, 15) is 0 Å². The first-order valence-corrected chi connectivity index (χ1v) is 6.91. The minimum absolute atomic E-state index is 0.227. The van der Waals surface area contributed by atoms with Gasteiger partial charge in [0.2, 0.25) is 5.82 Å². The molecule has 1 aromatic heterocycles. The minimum Gasteiger partial charge on any atom is -0.497 e. The van der Waals surface area contributed by atoms with E-state index in [1.165, 1.54) is 0 Å². The lowest BCUT2D eigenvalue weighted by Crippen LogP contribution is -1.96. The normalized spacial score (nSPS) is 10.5. The predicted octanol–water partition coefficient (Wildman–Crippen LogP) is 3.63. The molecular formula is C17H16N2O3. The second kappa shape index (κ2) is 6.30. The standard InChI is InChI=1S/C17H16N2O3/c1-12-5-3-4-6-15(12)17-18-16(22-19-17)11-21-14-9-7-13(20-2)8-10-14/h3-10H,11H2,1-2H3. The van der Waals surface area contributed by atoms with Crippen molar-refractivity contribution in [3.8, 4) is 22.9 Å². The molecule has 0 radical (unpaired) electrons. The highest BCUT2D eigenvalue weighted by Gasteiger charge is 2.10. The summed E-state index contributed by atoms with van der Waals surface area (Å²) in [5.41, 5.74) is 2.06. The van der Waals surface area contributed by atoms with Gasteiger partial charge in [0.05, 0.1) is 7.11 Å². The molecule has 0 unspecified atom stereocenters. The first-order chi connectivity index (χ1) is 10.8. The zero-order valence-electron chi connectivity index (χ0n) is 12.4. The van der Waals surface area contributed by atoms with Crippen LogP contribution in [0.3, 0.4) is 0 Å². The minimum atomic E-state index is 0.227. The summed E-state index contributed by atoms with van der Waals surface area (Å²) in [6, 6.07) is 15.2. The summed E-state index contributed by atoms with van der Waals surface area (Å²) < 4.78 is 15.9. The van der Waals surface area contributed by atoms with E-state index in [1.54, 1.807) is 7.11 Å². The van der Waals surface area contributed by atoms with Crippen molar-refractivity contribution in [3.63, 3.8) is 0 Å². The van der Waals surface area contributed by atoms with E-state index in [2.05, 4.69) is 10.1 Å². The van der Waals surface area contributed by atoms with Gasteiger partial charge in [-0.2, -0.15) is 4.98 Å². The van der Waals surface area contributed by atoms with Crippen LogP contribution in [-0.4, -0.2) is 17.3 Å². The predicted molar refractivity (Wildman–Crippen MR) is 81.8 cm³/mol. The van der Waals surface area contributed by atoms with E-state index in [0.717, 1.165) is 22.6 Å². The quantitative estimate of drug-likeness (QED) is 0.719. The average Bonchev–Trinajstić information content (AvgIpc) is 3.02. The number of ether oxygens (including phenoxy) is 2. The van der Waals surface area contributed by atoms with E-state index in [0.29, 0.717) is 11.7 Å². The number of rotatable bonds is 5. The van der Waals surface area contributed by atoms with Crippen LogP contribution in [0.5, 0.6) is 11.5 Å². The molecule has 0 saturated heterocycles. The molecule has 112 valence electrons. The van der Waals surface area contributed by atoms with Gasteiger partial charge in [-0.1, -0.05) is 29.4 Å². The van der Waals surface area contributed by atoms with E-state index in [1.807, 2.05) is 55.5 Å². The SMILES string of the molecule is COc1ccc(OCc2nc(-c3ccccc3C)no2)cc1. The van der Waals surface area contributed by atoms with Gasteiger partial charge in [0.15, 0.2) is 6.61 Å². The Hall–Kier alpha value is -2.82. The smallest absolute Gasteiger partial charge is 0.264 e. The topological polar surface area (TPSA) is 57.4 Å². The number of hydrogen-bond acceptors (Lipinski definition) is 5. The maximum atomic E-state index is 5.62. The lowest BCUT2D eigenvalue weighted by atomic mass is 10.1. The molecule has 0 amide bonds. The van der Waals surface area contributed by atoms with Crippen molar-refractivity contribution in [2.45, 2.75) is 13.5 Å². The summed E-state index contributed by atoms with van der Waals surface area (Å²) in [6.07, 6.45) is 0. The highest BCUT2D eigenvalue weighted by molar-refractivity contribution is 5.58. The Morgan fingerprint density at radius 1 is 1.00 bits per heavy atom. The second-order valence-electron chi connectivity index (χ2n) is 4.79. The summed E-state index contributed by atoms with van der Waals surface area (Å²) in [7, 11) is 1.63. The van der Waals surface area contributed by atoms with Crippen LogP contribution < -0.4 is 9.47 Å². The zero-order chi connectivity index (χ0) is 15.4. The van der Waals surface area contributed by atoms with Crippen molar-refractivity contribution >= 4 is 0 Å².